The van der Waals surface area contributed by atoms with Crippen LogP contribution in [-0.4, -0.2) is 17.6 Å². The van der Waals surface area contributed by atoms with Crippen molar-refractivity contribution >= 4 is 12.5 Å². The predicted molar refractivity (Wildman–Crippen MR) is 40.1 cm³/mol. The number of allylic oxidation sites excluding steroid dienone is 2. The summed E-state index contributed by atoms with van der Waals surface area (Å²) in [4.78, 5) is 13.9. The van der Waals surface area contributed by atoms with Gasteiger partial charge in [0.05, 0.1) is 0 Å². The summed E-state index contributed by atoms with van der Waals surface area (Å²) >= 11 is 0. The number of carbonyl (C=O) groups excluding carboxylic acids is 1. The van der Waals surface area contributed by atoms with Gasteiger partial charge < -0.3 is 5.11 Å². The molecule has 0 heterocycles. The molecule has 0 aliphatic carbocycles. The van der Waals surface area contributed by atoms with Crippen LogP contribution < -0.4 is 0 Å². The van der Waals surface area contributed by atoms with E-state index in [1.54, 1.807) is 0 Å². The minimum atomic E-state index is -0.326. The van der Waals surface area contributed by atoms with E-state index in [1.807, 2.05) is 0 Å². The monoisotopic (exact) mass is 139 g/mol. The Balaban J connectivity index is 4.79. The van der Waals surface area contributed by atoms with Gasteiger partial charge in [0.2, 0.25) is 0 Å². The van der Waals surface area contributed by atoms with Crippen LogP contribution in [0.5, 0.6) is 0 Å². The zero-order valence-electron chi connectivity index (χ0n) is 5.79. The van der Waals surface area contributed by atoms with Crippen molar-refractivity contribution in [2.45, 2.75) is 6.92 Å². The summed E-state index contributed by atoms with van der Waals surface area (Å²) in [5, 5.41) is 8.90. The van der Waals surface area contributed by atoms with E-state index < -0.39 is 0 Å². The molecule has 0 aromatic heterocycles. The molecule has 54 valence electrons. The Morgan fingerprint density at radius 3 is 2.30 bits per heavy atom. The Labute approximate surface area is 59.4 Å². The molecular formula is C7H9NO2. The number of ketones is 1. The van der Waals surface area contributed by atoms with E-state index in [0.29, 0.717) is 0 Å². The maximum absolute atomic E-state index is 10.6. The molecule has 0 spiro atoms. The second-order valence-electron chi connectivity index (χ2n) is 1.65. The second-order valence-corrected chi connectivity index (χ2v) is 1.65. The molecule has 0 aromatic rings. The lowest BCUT2D eigenvalue weighted by Crippen LogP contribution is -1.96. The number of hydrogen-bond donors (Lipinski definition) is 1. The van der Waals surface area contributed by atoms with E-state index in [4.69, 9.17) is 5.11 Å². The fraction of sp³-hybridized carbons (Fsp3) is 0.143. The highest BCUT2D eigenvalue weighted by atomic mass is 16.3. The summed E-state index contributed by atoms with van der Waals surface area (Å²) in [7, 11) is 0. The van der Waals surface area contributed by atoms with Gasteiger partial charge in [0.15, 0.2) is 5.78 Å². The smallest absolute Gasteiger partial charge is 0.181 e. The van der Waals surface area contributed by atoms with Crippen LogP contribution in [0.15, 0.2) is 29.1 Å². The van der Waals surface area contributed by atoms with Gasteiger partial charge in [-0.05, 0) is 12.8 Å². The fourth-order valence-corrected chi connectivity index (χ4v) is 0.469. The molecule has 3 heteroatoms. The summed E-state index contributed by atoms with van der Waals surface area (Å²) < 4.78 is 0. The van der Waals surface area contributed by atoms with Crippen LogP contribution in [-0.2, 0) is 4.79 Å². The third-order valence-corrected chi connectivity index (χ3v) is 0.928. The van der Waals surface area contributed by atoms with Gasteiger partial charge in [0.1, 0.15) is 11.5 Å². The van der Waals surface area contributed by atoms with Gasteiger partial charge in [-0.2, -0.15) is 0 Å². The van der Waals surface area contributed by atoms with Crippen LogP contribution in [0.25, 0.3) is 0 Å². The molecule has 0 rings (SSSR count). The Morgan fingerprint density at radius 1 is 1.70 bits per heavy atom. The number of aliphatic hydroxyl groups excluding tert-OH is 1. The van der Waals surface area contributed by atoms with Crippen molar-refractivity contribution < 1.29 is 9.90 Å². The Kier molecular flexibility index (Phi) is 3.11. The zero-order chi connectivity index (χ0) is 8.15. The topological polar surface area (TPSA) is 49.7 Å². The fourth-order valence-electron chi connectivity index (χ4n) is 0.469. The van der Waals surface area contributed by atoms with E-state index in [9.17, 15) is 4.79 Å². The number of aliphatic hydroxyl groups is 1. The van der Waals surface area contributed by atoms with Crippen molar-refractivity contribution in [1.82, 2.24) is 0 Å². The lowest BCUT2D eigenvalue weighted by molar-refractivity contribution is -0.113. The first kappa shape index (κ1) is 8.62. The molecule has 0 bridgehead atoms. The largest absolute Gasteiger partial charge is 0.506 e. The summed E-state index contributed by atoms with van der Waals surface area (Å²) in [6, 6.07) is 0. The van der Waals surface area contributed by atoms with E-state index in [2.05, 4.69) is 18.3 Å². The molecular weight excluding hydrogens is 130 g/mol. The van der Waals surface area contributed by atoms with E-state index >= 15 is 0 Å². The van der Waals surface area contributed by atoms with Crippen LogP contribution in [0.3, 0.4) is 0 Å². The lowest BCUT2D eigenvalue weighted by Gasteiger charge is -1.95. The number of hydrogen-bond acceptors (Lipinski definition) is 3. The van der Waals surface area contributed by atoms with Crippen molar-refractivity contribution in [3.63, 3.8) is 0 Å². The Hall–Kier alpha value is -1.38. The molecule has 0 unspecified atom stereocenters. The van der Waals surface area contributed by atoms with Gasteiger partial charge in [0.25, 0.3) is 0 Å². The van der Waals surface area contributed by atoms with Gasteiger partial charge in [-0.25, -0.2) is 0 Å². The Morgan fingerprint density at radius 2 is 2.20 bits per heavy atom. The predicted octanol–water partition coefficient (Wildman–Crippen LogP) is 1.23. The molecule has 0 saturated carbocycles. The SMILES string of the molecule is C=C/C(O)=C(\N=C)C(C)=O. The number of carbonyl (C=O) groups is 1. The second kappa shape index (κ2) is 3.61. The lowest BCUT2D eigenvalue weighted by atomic mass is 10.3. The summed E-state index contributed by atoms with van der Waals surface area (Å²) in [5.41, 5.74) is -0.0463. The molecule has 0 saturated heterocycles. The van der Waals surface area contributed by atoms with Crippen LogP contribution in [0.1, 0.15) is 6.92 Å². The molecule has 0 fully saturated rings. The molecule has 0 aromatic carbocycles. The van der Waals surface area contributed by atoms with Crippen LogP contribution in [0.4, 0.5) is 0 Å². The van der Waals surface area contributed by atoms with E-state index in [-0.39, 0.29) is 17.2 Å². The molecule has 10 heavy (non-hydrogen) atoms. The van der Waals surface area contributed by atoms with Crippen molar-refractivity contribution in [2.24, 2.45) is 4.99 Å². The highest BCUT2D eigenvalue weighted by Crippen LogP contribution is 2.03. The maximum atomic E-state index is 10.6. The standard InChI is InChI=1S/C7H9NO2/c1-4-6(10)7(8-3)5(2)9/h4,10H,1,3H2,2H3/b7-6+. The normalized spacial score (nSPS) is 11.7. The van der Waals surface area contributed by atoms with E-state index in [1.165, 1.54) is 6.92 Å². The highest BCUT2D eigenvalue weighted by Gasteiger charge is 2.04. The zero-order valence-corrected chi connectivity index (χ0v) is 5.79. The number of Topliss-reactive ketones (excluding diaryl/α,β-unsaturated/α-hetero) is 1. The van der Waals surface area contributed by atoms with Crippen LogP contribution in [0, 0.1) is 0 Å². The molecule has 0 amide bonds. The summed E-state index contributed by atoms with van der Waals surface area (Å²) in [6.07, 6.45) is 1.14. The maximum Gasteiger partial charge on any atom is 0.181 e. The molecule has 0 atom stereocenters. The first-order chi connectivity index (χ1) is 4.63. The van der Waals surface area contributed by atoms with Crippen molar-refractivity contribution in [2.75, 3.05) is 0 Å². The minimum Gasteiger partial charge on any atom is -0.506 e. The average molecular weight is 139 g/mol. The Bertz CT molecular complexity index is 204. The molecule has 0 aliphatic rings. The van der Waals surface area contributed by atoms with Crippen LogP contribution >= 0.6 is 0 Å². The van der Waals surface area contributed by atoms with E-state index in [0.717, 1.165) is 6.08 Å². The van der Waals surface area contributed by atoms with Crippen molar-refractivity contribution in [3.05, 3.63) is 24.1 Å². The molecule has 1 N–H and O–H groups in total. The quantitative estimate of drug-likeness (QED) is 0.277. The third kappa shape index (κ3) is 1.85. The average Bonchev–Trinajstić information content (AvgIpc) is 1.88. The van der Waals surface area contributed by atoms with Gasteiger partial charge in [-0.15, -0.1) is 0 Å². The first-order valence-corrected chi connectivity index (χ1v) is 2.66. The van der Waals surface area contributed by atoms with Gasteiger partial charge >= 0.3 is 0 Å². The number of nitrogens with zero attached hydrogens (tertiary/aromatic N) is 1. The molecule has 0 radical (unpaired) electrons. The summed E-state index contributed by atoms with van der Waals surface area (Å²) in [6.45, 7) is 7.67. The molecule has 0 aliphatic heterocycles. The first-order valence-electron chi connectivity index (χ1n) is 2.66. The minimum absolute atomic E-state index is 0.0463. The number of aliphatic imine (C=N–C) groups is 1. The van der Waals surface area contributed by atoms with Gasteiger partial charge in [-0.1, -0.05) is 6.58 Å². The van der Waals surface area contributed by atoms with Gasteiger partial charge in [-0.3, -0.25) is 9.79 Å². The van der Waals surface area contributed by atoms with Crippen molar-refractivity contribution in [3.8, 4) is 0 Å². The number of rotatable bonds is 3. The summed E-state index contributed by atoms with van der Waals surface area (Å²) in [5.74, 6) is -0.560. The highest BCUT2D eigenvalue weighted by molar-refractivity contribution is 5.94. The van der Waals surface area contributed by atoms with Crippen LogP contribution in [0.2, 0.25) is 0 Å². The molecule has 3 nitrogen and oxygen atoms in total. The third-order valence-electron chi connectivity index (χ3n) is 0.928. The van der Waals surface area contributed by atoms with Gasteiger partial charge in [0, 0.05) is 6.92 Å². The van der Waals surface area contributed by atoms with Crippen molar-refractivity contribution in [1.29, 1.82) is 0 Å².